The highest BCUT2D eigenvalue weighted by Gasteiger charge is 2.20. The van der Waals surface area contributed by atoms with Crippen molar-refractivity contribution in [2.24, 2.45) is 0 Å². The van der Waals surface area contributed by atoms with Crippen molar-refractivity contribution in [3.8, 4) is 0 Å². The van der Waals surface area contributed by atoms with E-state index in [4.69, 9.17) is 4.74 Å². The molecular formula is C12H23N3O3. The number of carbonyl (C=O) groups excluding carboxylic acids is 2. The standard InChI is InChI=1S/C12H23N3O3/c1-15(9-11(16)14-7-8-18-2)12(17)5-6-13-10-3-4-10/h10,13H,3-9H2,1-2H3,(H,14,16). The van der Waals surface area contributed by atoms with Gasteiger partial charge in [-0.15, -0.1) is 0 Å². The van der Waals surface area contributed by atoms with Gasteiger partial charge < -0.3 is 20.3 Å². The molecule has 0 aromatic carbocycles. The predicted octanol–water partition coefficient (Wildman–Crippen LogP) is -0.650. The highest BCUT2D eigenvalue weighted by molar-refractivity contribution is 5.84. The number of methoxy groups -OCH3 is 1. The van der Waals surface area contributed by atoms with E-state index < -0.39 is 0 Å². The number of ether oxygens (including phenoxy) is 1. The van der Waals surface area contributed by atoms with Crippen LogP contribution in [0.25, 0.3) is 0 Å². The van der Waals surface area contributed by atoms with E-state index >= 15 is 0 Å². The molecule has 0 radical (unpaired) electrons. The van der Waals surface area contributed by atoms with Gasteiger partial charge in [0.1, 0.15) is 0 Å². The molecule has 0 saturated heterocycles. The first kappa shape index (κ1) is 14.9. The van der Waals surface area contributed by atoms with Gasteiger partial charge in [-0.05, 0) is 12.8 Å². The third-order valence-corrected chi connectivity index (χ3v) is 2.78. The molecule has 104 valence electrons. The van der Waals surface area contributed by atoms with Crippen LogP contribution in [0.5, 0.6) is 0 Å². The Morgan fingerprint density at radius 3 is 2.67 bits per heavy atom. The summed E-state index contributed by atoms with van der Waals surface area (Å²) in [5.41, 5.74) is 0. The largest absolute Gasteiger partial charge is 0.383 e. The average Bonchev–Trinajstić information content (AvgIpc) is 3.13. The van der Waals surface area contributed by atoms with Crippen molar-refractivity contribution in [2.45, 2.75) is 25.3 Å². The van der Waals surface area contributed by atoms with Crippen LogP contribution in [-0.4, -0.2) is 63.2 Å². The molecule has 0 aromatic rings. The Labute approximate surface area is 108 Å². The molecule has 0 bridgehead atoms. The molecule has 1 fully saturated rings. The molecule has 1 aliphatic carbocycles. The van der Waals surface area contributed by atoms with Gasteiger partial charge in [0.15, 0.2) is 0 Å². The zero-order valence-electron chi connectivity index (χ0n) is 11.2. The van der Waals surface area contributed by atoms with Gasteiger partial charge in [-0.1, -0.05) is 0 Å². The summed E-state index contributed by atoms with van der Waals surface area (Å²) >= 11 is 0. The van der Waals surface area contributed by atoms with E-state index in [2.05, 4.69) is 10.6 Å². The lowest BCUT2D eigenvalue weighted by Gasteiger charge is -2.16. The average molecular weight is 257 g/mol. The summed E-state index contributed by atoms with van der Waals surface area (Å²) in [6.45, 7) is 1.75. The monoisotopic (exact) mass is 257 g/mol. The molecule has 2 N–H and O–H groups in total. The quantitative estimate of drug-likeness (QED) is 0.539. The maximum Gasteiger partial charge on any atom is 0.239 e. The molecular weight excluding hydrogens is 234 g/mol. The summed E-state index contributed by atoms with van der Waals surface area (Å²) in [6, 6.07) is 0.612. The minimum atomic E-state index is -0.155. The summed E-state index contributed by atoms with van der Waals surface area (Å²) < 4.78 is 4.82. The van der Waals surface area contributed by atoms with Gasteiger partial charge in [0.05, 0.1) is 13.2 Å². The molecule has 0 heterocycles. The van der Waals surface area contributed by atoms with Crippen LogP contribution in [0.4, 0.5) is 0 Å². The molecule has 6 heteroatoms. The maximum atomic E-state index is 11.7. The van der Waals surface area contributed by atoms with E-state index in [-0.39, 0.29) is 18.4 Å². The Hall–Kier alpha value is -1.14. The third kappa shape index (κ3) is 6.56. The van der Waals surface area contributed by atoms with Gasteiger partial charge in [0, 0.05) is 39.7 Å². The van der Waals surface area contributed by atoms with E-state index in [9.17, 15) is 9.59 Å². The Morgan fingerprint density at radius 1 is 1.33 bits per heavy atom. The predicted molar refractivity (Wildman–Crippen MR) is 68.2 cm³/mol. The lowest BCUT2D eigenvalue weighted by Crippen LogP contribution is -2.40. The number of amides is 2. The van der Waals surface area contributed by atoms with Gasteiger partial charge in [-0.2, -0.15) is 0 Å². The second-order valence-corrected chi connectivity index (χ2v) is 4.57. The second kappa shape index (κ2) is 8.05. The van der Waals surface area contributed by atoms with Crippen molar-refractivity contribution in [3.63, 3.8) is 0 Å². The van der Waals surface area contributed by atoms with Crippen LogP contribution in [0.3, 0.4) is 0 Å². The summed E-state index contributed by atoms with van der Waals surface area (Å²) in [4.78, 5) is 24.6. The zero-order chi connectivity index (χ0) is 13.4. The SMILES string of the molecule is COCCNC(=O)CN(C)C(=O)CCNC1CC1. The fourth-order valence-electron chi connectivity index (χ4n) is 1.51. The molecule has 0 atom stereocenters. The van der Waals surface area contributed by atoms with Crippen LogP contribution in [0.1, 0.15) is 19.3 Å². The molecule has 2 amide bonds. The zero-order valence-corrected chi connectivity index (χ0v) is 11.2. The van der Waals surface area contributed by atoms with E-state index in [0.717, 1.165) is 0 Å². The maximum absolute atomic E-state index is 11.7. The number of nitrogens with zero attached hydrogens (tertiary/aromatic N) is 1. The first-order valence-corrected chi connectivity index (χ1v) is 6.36. The lowest BCUT2D eigenvalue weighted by atomic mass is 10.3. The van der Waals surface area contributed by atoms with Crippen LogP contribution in [0.2, 0.25) is 0 Å². The Morgan fingerprint density at radius 2 is 2.06 bits per heavy atom. The Kier molecular flexibility index (Phi) is 6.67. The minimum absolute atomic E-state index is 0.00922. The fourth-order valence-corrected chi connectivity index (χ4v) is 1.51. The van der Waals surface area contributed by atoms with Crippen LogP contribution < -0.4 is 10.6 Å². The Bertz CT molecular complexity index is 280. The highest BCUT2D eigenvalue weighted by atomic mass is 16.5. The van der Waals surface area contributed by atoms with Crippen molar-refractivity contribution in [2.75, 3.05) is 40.4 Å². The van der Waals surface area contributed by atoms with Gasteiger partial charge in [-0.25, -0.2) is 0 Å². The lowest BCUT2D eigenvalue weighted by molar-refractivity contribution is -0.134. The number of hydrogen-bond acceptors (Lipinski definition) is 4. The summed E-state index contributed by atoms with van der Waals surface area (Å²) in [5, 5.41) is 5.95. The van der Waals surface area contributed by atoms with Crippen molar-refractivity contribution in [3.05, 3.63) is 0 Å². The van der Waals surface area contributed by atoms with Crippen LogP contribution >= 0.6 is 0 Å². The molecule has 1 aliphatic rings. The number of carbonyl (C=O) groups is 2. The fraction of sp³-hybridized carbons (Fsp3) is 0.833. The molecule has 6 nitrogen and oxygen atoms in total. The first-order chi connectivity index (χ1) is 8.63. The van der Waals surface area contributed by atoms with Crippen molar-refractivity contribution in [1.29, 1.82) is 0 Å². The van der Waals surface area contributed by atoms with Crippen LogP contribution in [-0.2, 0) is 14.3 Å². The molecule has 18 heavy (non-hydrogen) atoms. The molecule has 0 aromatic heterocycles. The summed E-state index contributed by atoms with van der Waals surface area (Å²) in [5.74, 6) is -0.164. The van der Waals surface area contributed by atoms with Crippen LogP contribution in [0, 0.1) is 0 Å². The molecule has 1 saturated carbocycles. The normalized spacial score (nSPS) is 14.3. The van der Waals surface area contributed by atoms with Gasteiger partial charge >= 0.3 is 0 Å². The number of rotatable bonds is 9. The van der Waals surface area contributed by atoms with Gasteiger partial charge in [0.25, 0.3) is 0 Å². The van der Waals surface area contributed by atoms with Crippen LogP contribution in [0.15, 0.2) is 0 Å². The Balaban J connectivity index is 2.07. The van der Waals surface area contributed by atoms with Crippen molar-refractivity contribution >= 4 is 11.8 Å². The van der Waals surface area contributed by atoms with Gasteiger partial charge in [-0.3, -0.25) is 9.59 Å². The third-order valence-electron chi connectivity index (χ3n) is 2.78. The molecule has 0 spiro atoms. The molecule has 1 rings (SSSR count). The van der Waals surface area contributed by atoms with Gasteiger partial charge in [0.2, 0.25) is 11.8 Å². The van der Waals surface area contributed by atoms with E-state index in [0.29, 0.717) is 32.2 Å². The topological polar surface area (TPSA) is 70.7 Å². The summed E-state index contributed by atoms with van der Waals surface area (Å²) in [7, 11) is 3.23. The number of hydrogen-bond donors (Lipinski definition) is 2. The van der Waals surface area contributed by atoms with E-state index in [1.807, 2.05) is 0 Å². The number of likely N-dealkylation sites (N-methyl/N-ethyl adjacent to an activating group) is 1. The number of nitrogens with one attached hydrogen (secondary N) is 2. The first-order valence-electron chi connectivity index (χ1n) is 6.36. The smallest absolute Gasteiger partial charge is 0.239 e. The van der Waals surface area contributed by atoms with E-state index in [1.54, 1.807) is 14.2 Å². The molecule has 0 aliphatic heterocycles. The van der Waals surface area contributed by atoms with Crippen molar-refractivity contribution < 1.29 is 14.3 Å². The highest BCUT2D eigenvalue weighted by Crippen LogP contribution is 2.18. The van der Waals surface area contributed by atoms with E-state index in [1.165, 1.54) is 17.7 Å². The molecule has 0 unspecified atom stereocenters. The summed E-state index contributed by atoms with van der Waals surface area (Å²) in [6.07, 6.45) is 2.87. The minimum Gasteiger partial charge on any atom is -0.383 e. The van der Waals surface area contributed by atoms with Crippen molar-refractivity contribution in [1.82, 2.24) is 15.5 Å². The second-order valence-electron chi connectivity index (χ2n) is 4.57.